The summed E-state index contributed by atoms with van der Waals surface area (Å²) in [5, 5.41) is 2.83. The molecule has 0 aliphatic carbocycles. The Labute approximate surface area is 130 Å². The molecule has 1 aromatic heterocycles. The molecule has 104 valence electrons. The van der Waals surface area contributed by atoms with Crippen molar-refractivity contribution < 1.29 is 9.21 Å². The third-order valence-electron chi connectivity index (χ3n) is 3.06. The van der Waals surface area contributed by atoms with Gasteiger partial charge in [0.05, 0.1) is 6.26 Å². The van der Waals surface area contributed by atoms with Crippen LogP contribution in [0.1, 0.15) is 10.6 Å². The van der Waals surface area contributed by atoms with Gasteiger partial charge in [-0.3, -0.25) is 4.79 Å². The van der Waals surface area contributed by atoms with Crippen LogP contribution in [0.3, 0.4) is 0 Å². The van der Waals surface area contributed by atoms with E-state index in [-0.39, 0.29) is 5.91 Å². The molecular formula is C17H12BrNO2. The predicted octanol–water partition coefficient (Wildman–Crippen LogP) is 4.96. The lowest BCUT2D eigenvalue weighted by Gasteiger charge is -2.05. The summed E-state index contributed by atoms with van der Waals surface area (Å²) in [5.74, 6) is 0.0466. The molecule has 3 aromatic rings. The number of benzene rings is 2. The predicted molar refractivity (Wildman–Crippen MR) is 86.2 cm³/mol. The van der Waals surface area contributed by atoms with Gasteiger partial charge in [0.25, 0.3) is 5.91 Å². The van der Waals surface area contributed by atoms with E-state index in [1.165, 1.54) is 6.26 Å². The Kier molecular flexibility index (Phi) is 3.88. The summed E-state index contributed by atoms with van der Waals surface area (Å²) in [6.45, 7) is 0. The normalized spacial score (nSPS) is 10.3. The molecule has 0 atom stereocenters. The fourth-order valence-electron chi connectivity index (χ4n) is 2.05. The van der Waals surface area contributed by atoms with Crippen molar-refractivity contribution in [3.05, 3.63) is 77.2 Å². The number of rotatable bonds is 3. The number of amides is 1. The van der Waals surface area contributed by atoms with Gasteiger partial charge in [0, 0.05) is 15.7 Å². The fraction of sp³-hybridized carbons (Fsp3) is 0. The molecule has 0 aliphatic rings. The average molecular weight is 342 g/mol. The molecule has 0 saturated carbocycles. The van der Waals surface area contributed by atoms with Crippen LogP contribution < -0.4 is 5.32 Å². The first-order valence-corrected chi connectivity index (χ1v) is 7.23. The van der Waals surface area contributed by atoms with Gasteiger partial charge in [0.2, 0.25) is 0 Å². The van der Waals surface area contributed by atoms with Crippen molar-refractivity contribution in [2.75, 3.05) is 5.32 Å². The third-order valence-corrected chi connectivity index (χ3v) is 3.59. The molecule has 1 heterocycles. The standard InChI is InChI=1S/C17H12BrNO2/c18-13-6-8-14(9-7-13)19-17(20)16-15(10-11-21-16)12-4-2-1-3-5-12/h1-11H,(H,19,20). The van der Waals surface area contributed by atoms with Crippen molar-refractivity contribution in [1.29, 1.82) is 0 Å². The van der Waals surface area contributed by atoms with Gasteiger partial charge in [-0.25, -0.2) is 0 Å². The summed E-state index contributed by atoms with van der Waals surface area (Å²) in [7, 11) is 0. The van der Waals surface area contributed by atoms with Gasteiger partial charge >= 0.3 is 0 Å². The van der Waals surface area contributed by atoms with E-state index < -0.39 is 0 Å². The topological polar surface area (TPSA) is 42.2 Å². The van der Waals surface area contributed by atoms with Crippen LogP contribution in [0, 0.1) is 0 Å². The molecule has 1 amide bonds. The van der Waals surface area contributed by atoms with Gasteiger partial charge < -0.3 is 9.73 Å². The first kappa shape index (κ1) is 13.6. The van der Waals surface area contributed by atoms with Crippen molar-refractivity contribution >= 4 is 27.5 Å². The average Bonchev–Trinajstić information content (AvgIpc) is 3.00. The lowest BCUT2D eigenvalue weighted by atomic mass is 10.1. The molecule has 0 radical (unpaired) electrons. The molecule has 1 N–H and O–H groups in total. The highest BCUT2D eigenvalue weighted by Gasteiger charge is 2.16. The van der Waals surface area contributed by atoms with Crippen LogP contribution >= 0.6 is 15.9 Å². The highest BCUT2D eigenvalue weighted by Crippen LogP contribution is 2.25. The van der Waals surface area contributed by atoms with Crippen LogP contribution in [0.25, 0.3) is 11.1 Å². The van der Waals surface area contributed by atoms with E-state index in [1.54, 1.807) is 6.07 Å². The minimum atomic E-state index is -0.263. The molecule has 0 aliphatic heterocycles. The summed E-state index contributed by atoms with van der Waals surface area (Å²) in [5.41, 5.74) is 2.45. The van der Waals surface area contributed by atoms with Gasteiger partial charge in [0.15, 0.2) is 5.76 Å². The van der Waals surface area contributed by atoms with Gasteiger partial charge in [-0.2, -0.15) is 0 Å². The second kappa shape index (κ2) is 5.97. The van der Waals surface area contributed by atoms with E-state index in [0.717, 1.165) is 21.3 Å². The molecule has 21 heavy (non-hydrogen) atoms. The number of furan rings is 1. The minimum Gasteiger partial charge on any atom is -0.459 e. The van der Waals surface area contributed by atoms with Crippen LogP contribution in [0.5, 0.6) is 0 Å². The Morgan fingerprint density at radius 1 is 0.952 bits per heavy atom. The Morgan fingerprint density at radius 3 is 2.38 bits per heavy atom. The zero-order valence-electron chi connectivity index (χ0n) is 11.0. The summed E-state index contributed by atoms with van der Waals surface area (Å²) in [6.07, 6.45) is 1.53. The number of carbonyl (C=O) groups excluding carboxylic acids is 1. The molecule has 0 bridgehead atoms. The van der Waals surface area contributed by atoms with Crippen molar-refractivity contribution in [2.24, 2.45) is 0 Å². The summed E-state index contributed by atoms with van der Waals surface area (Å²) >= 11 is 3.36. The zero-order valence-corrected chi connectivity index (χ0v) is 12.6. The molecule has 0 spiro atoms. The number of anilines is 1. The largest absolute Gasteiger partial charge is 0.459 e. The maximum atomic E-state index is 12.3. The zero-order chi connectivity index (χ0) is 14.7. The Hall–Kier alpha value is -2.33. The summed E-state index contributed by atoms with van der Waals surface area (Å²) in [6, 6.07) is 18.9. The summed E-state index contributed by atoms with van der Waals surface area (Å²) < 4.78 is 6.32. The number of halogens is 1. The molecule has 4 heteroatoms. The van der Waals surface area contributed by atoms with Crippen molar-refractivity contribution in [1.82, 2.24) is 0 Å². The fourth-order valence-corrected chi connectivity index (χ4v) is 2.32. The second-order valence-electron chi connectivity index (χ2n) is 4.49. The molecule has 0 unspecified atom stereocenters. The van der Waals surface area contributed by atoms with Crippen LogP contribution in [0.15, 0.2) is 75.8 Å². The van der Waals surface area contributed by atoms with Gasteiger partial charge in [-0.1, -0.05) is 46.3 Å². The van der Waals surface area contributed by atoms with Crippen LogP contribution in [0.4, 0.5) is 5.69 Å². The van der Waals surface area contributed by atoms with Crippen LogP contribution in [-0.4, -0.2) is 5.91 Å². The quantitative estimate of drug-likeness (QED) is 0.731. The smallest absolute Gasteiger partial charge is 0.292 e. The first-order chi connectivity index (χ1) is 10.2. The van der Waals surface area contributed by atoms with Gasteiger partial charge in [-0.15, -0.1) is 0 Å². The first-order valence-electron chi connectivity index (χ1n) is 6.44. The van der Waals surface area contributed by atoms with E-state index in [0.29, 0.717) is 5.76 Å². The molecular weight excluding hydrogens is 330 g/mol. The van der Waals surface area contributed by atoms with Crippen molar-refractivity contribution in [2.45, 2.75) is 0 Å². The van der Waals surface area contributed by atoms with Gasteiger partial charge in [0.1, 0.15) is 0 Å². The van der Waals surface area contributed by atoms with E-state index in [4.69, 9.17) is 4.42 Å². The second-order valence-corrected chi connectivity index (χ2v) is 5.41. The van der Waals surface area contributed by atoms with E-state index in [2.05, 4.69) is 21.2 Å². The minimum absolute atomic E-state index is 0.263. The summed E-state index contributed by atoms with van der Waals surface area (Å²) in [4.78, 5) is 12.3. The number of nitrogens with one attached hydrogen (secondary N) is 1. The maximum absolute atomic E-state index is 12.3. The van der Waals surface area contributed by atoms with E-state index in [9.17, 15) is 4.79 Å². The molecule has 2 aromatic carbocycles. The van der Waals surface area contributed by atoms with Crippen LogP contribution in [-0.2, 0) is 0 Å². The van der Waals surface area contributed by atoms with Crippen molar-refractivity contribution in [3.63, 3.8) is 0 Å². The van der Waals surface area contributed by atoms with Crippen LogP contribution in [0.2, 0.25) is 0 Å². The van der Waals surface area contributed by atoms with Gasteiger partial charge in [-0.05, 0) is 35.9 Å². The number of hydrogen-bond donors (Lipinski definition) is 1. The lowest BCUT2D eigenvalue weighted by molar-refractivity contribution is 0.0997. The van der Waals surface area contributed by atoms with Crippen molar-refractivity contribution in [3.8, 4) is 11.1 Å². The Bertz CT molecular complexity index is 748. The number of carbonyl (C=O) groups is 1. The molecule has 3 nitrogen and oxygen atoms in total. The molecule has 0 fully saturated rings. The van der Waals surface area contributed by atoms with E-state index in [1.807, 2.05) is 54.6 Å². The lowest BCUT2D eigenvalue weighted by Crippen LogP contribution is -2.11. The third kappa shape index (κ3) is 3.06. The Morgan fingerprint density at radius 2 is 1.67 bits per heavy atom. The molecule has 3 rings (SSSR count). The number of hydrogen-bond acceptors (Lipinski definition) is 2. The van der Waals surface area contributed by atoms with E-state index >= 15 is 0 Å². The molecule has 0 saturated heterocycles. The highest BCUT2D eigenvalue weighted by molar-refractivity contribution is 9.10. The monoisotopic (exact) mass is 341 g/mol. The highest BCUT2D eigenvalue weighted by atomic mass is 79.9. The SMILES string of the molecule is O=C(Nc1ccc(Br)cc1)c1occc1-c1ccccc1. The Balaban J connectivity index is 1.86. The maximum Gasteiger partial charge on any atom is 0.292 e.